The number of nitrogens with one attached hydrogen (secondary N) is 2. The zero-order chi connectivity index (χ0) is 23.4. The predicted octanol–water partition coefficient (Wildman–Crippen LogP) is 1.70. The molecule has 0 bridgehead atoms. The number of benzene rings is 1. The molecule has 2 N–H and O–H groups in total. The van der Waals surface area contributed by atoms with Crippen molar-refractivity contribution in [1.82, 2.24) is 20.8 Å². The first kappa shape index (κ1) is 22.6. The largest absolute Gasteiger partial charge is 0.465 e. The topological polar surface area (TPSA) is 114 Å². The number of esters is 1. The number of aromatic nitrogens is 2. The van der Waals surface area contributed by atoms with E-state index in [2.05, 4.69) is 20.8 Å². The summed E-state index contributed by atoms with van der Waals surface area (Å²) in [5, 5.41) is 13.2. The van der Waals surface area contributed by atoms with Gasteiger partial charge in [0.2, 0.25) is 5.91 Å². The third-order valence-electron chi connectivity index (χ3n) is 6.23. The molecule has 9 nitrogen and oxygen atoms in total. The molecule has 1 saturated carbocycles. The van der Waals surface area contributed by atoms with Crippen molar-refractivity contribution in [3.05, 3.63) is 53.6 Å². The highest BCUT2D eigenvalue weighted by Gasteiger charge is 2.51. The van der Waals surface area contributed by atoms with Gasteiger partial charge in [-0.1, -0.05) is 6.07 Å². The third kappa shape index (κ3) is 4.94. The Bertz CT molecular complexity index is 1040. The van der Waals surface area contributed by atoms with Crippen molar-refractivity contribution >= 4 is 23.5 Å². The number of hydrogen-bond acceptors (Lipinski definition) is 7. The first-order valence-corrected chi connectivity index (χ1v) is 10.9. The van der Waals surface area contributed by atoms with Crippen LogP contribution in [0.15, 0.2) is 36.5 Å². The van der Waals surface area contributed by atoms with Gasteiger partial charge < -0.3 is 20.3 Å². The summed E-state index contributed by atoms with van der Waals surface area (Å²) < 4.78 is 19.0. The van der Waals surface area contributed by atoms with Crippen LogP contribution >= 0.6 is 0 Å². The van der Waals surface area contributed by atoms with Gasteiger partial charge in [-0.2, -0.15) is 5.10 Å². The highest BCUT2D eigenvalue weighted by Crippen LogP contribution is 2.36. The summed E-state index contributed by atoms with van der Waals surface area (Å²) in [6, 6.07) is 7.71. The number of rotatable bonds is 7. The van der Waals surface area contributed by atoms with Crippen LogP contribution in [0.4, 0.5) is 10.1 Å². The van der Waals surface area contributed by atoms with Gasteiger partial charge in [0.05, 0.1) is 12.8 Å². The molecule has 4 rings (SSSR count). The Hall–Kier alpha value is -3.56. The van der Waals surface area contributed by atoms with Crippen molar-refractivity contribution in [1.29, 1.82) is 0 Å². The van der Waals surface area contributed by atoms with Gasteiger partial charge in [0.1, 0.15) is 16.9 Å². The average molecular weight is 455 g/mol. The molecule has 1 aromatic carbocycles. The van der Waals surface area contributed by atoms with Crippen molar-refractivity contribution in [2.45, 2.75) is 31.2 Å². The lowest BCUT2D eigenvalue weighted by molar-refractivity contribution is -0.124. The zero-order valence-electron chi connectivity index (χ0n) is 18.3. The average Bonchev–Trinajstić information content (AvgIpc) is 3.63. The maximum absolute atomic E-state index is 14.2. The lowest BCUT2D eigenvalue weighted by Crippen LogP contribution is -2.50. The van der Waals surface area contributed by atoms with E-state index in [4.69, 9.17) is 4.74 Å². The maximum atomic E-state index is 14.2. The Kier molecular flexibility index (Phi) is 6.52. The number of carbonyl (C=O) groups is 3. The van der Waals surface area contributed by atoms with Gasteiger partial charge in [0, 0.05) is 25.8 Å². The van der Waals surface area contributed by atoms with Gasteiger partial charge in [-0.15, -0.1) is 5.10 Å². The van der Waals surface area contributed by atoms with E-state index in [1.807, 2.05) is 4.90 Å². The van der Waals surface area contributed by atoms with Gasteiger partial charge in [0.25, 0.3) is 5.91 Å². The molecule has 1 aromatic heterocycles. The van der Waals surface area contributed by atoms with Crippen LogP contribution in [0.25, 0.3) is 0 Å². The molecular formula is C23H26FN5O4. The number of halogens is 1. The molecule has 1 aliphatic carbocycles. The second kappa shape index (κ2) is 9.51. The summed E-state index contributed by atoms with van der Waals surface area (Å²) >= 11 is 0. The van der Waals surface area contributed by atoms with Crippen molar-refractivity contribution in [3.8, 4) is 0 Å². The lowest BCUT2D eigenvalue weighted by Gasteiger charge is -2.34. The third-order valence-corrected chi connectivity index (χ3v) is 6.23. The Balaban J connectivity index is 1.29. The second-order valence-corrected chi connectivity index (χ2v) is 8.41. The zero-order valence-corrected chi connectivity index (χ0v) is 18.3. The van der Waals surface area contributed by atoms with E-state index in [0.717, 1.165) is 12.8 Å². The fourth-order valence-corrected chi connectivity index (χ4v) is 4.10. The SMILES string of the molecule is COC(=O)c1c(F)cccc1N1CCC(CNC(=O)C2(NC(=O)c3cccnn3)CC2)CC1. The first-order chi connectivity index (χ1) is 15.9. The highest BCUT2D eigenvalue weighted by atomic mass is 19.1. The molecule has 0 radical (unpaired) electrons. The fourth-order valence-electron chi connectivity index (χ4n) is 4.10. The van der Waals surface area contributed by atoms with Crippen molar-refractivity contribution in [2.24, 2.45) is 5.92 Å². The van der Waals surface area contributed by atoms with E-state index in [-0.39, 0.29) is 23.1 Å². The molecule has 2 fully saturated rings. The molecule has 10 heteroatoms. The first-order valence-electron chi connectivity index (χ1n) is 10.9. The summed E-state index contributed by atoms with van der Waals surface area (Å²) in [5.41, 5.74) is -0.242. The molecule has 2 amide bonds. The number of nitrogens with zero attached hydrogens (tertiary/aromatic N) is 3. The quantitative estimate of drug-likeness (QED) is 0.611. The normalized spacial score (nSPS) is 17.2. The highest BCUT2D eigenvalue weighted by molar-refractivity contribution is 5.99. The summed E-state index contributed by atoms with van der Waals surface area (Å²) in [5.74, 6) is -1.67. The van der Waals surface area contributed by atoms with Gasteiger partial charge in [-0.3, -0.25) is 9.59 Å². The van der Waals surface area contributed by atoms with Crippen LogP contribution in [0.3, 0.4) is 0 Å². The molecule has 1 saturated heterocycles. The molecule has 1 aliphatic heterocycles. The van der Waals surface area contributed by atoms with Crippen molar-refractivity contribution in [2.75, 3.05) is 31.6 Å². The lowest BCUT2D eigenvalue weighted by atomic mass is 9.95. The van der Waals surface area contributed by atoms with Crippen LogP contribution < -0.4 is 15.5 Å². The molecule has 0 unspecified atom stereocenters. The molecule has 2 aromatic rings. The van der Waals surface area contributed by atoms with E-state index >= 15 is 0 Å². The van der Waals surface area contributed by atoms with Crippen LogP contribution in [-0.4, -0.2) is 60.3 Å². The van der Waals surface area contributed by atoms with Crippen LogP contribution in [0.1, 0.15) is 46.5 Å². The fraction of sp³-hybridized carbons (Fsp3) is 0.435. The summed E-state index contributed by atoms with van der Waals surface area (Å²) in [6.07, 6.45) is 4.19. The number of amides is 2. The molecule has 33 heavy (non-hydrogen) atoms. The number of piperidine rings is 1. The molecule has 0 spiro atoms. The molecule has 2 heterocycles. The smallest absolute Gasteiger partial charge is 0.342 e. The van der Waals surface area contributed by atoms with E-state index in [9.17, 15) is 18.8 Å². The van der Waals surface area contributed by atoms with Gasteiger partial charge in [0.15, 0.2) is 5.69 Å². The second-order valence-electron chi connectivity index (χ2n) is 8.41. The Labute approximate surface area is 190 Å². The van der Waals surface area contributed by atoms with Crippen LogP contribution in [-0.2, 0) is 9.53 Å². The van der Waals surface area contributed by atoms with Crippen LogP contribution in [0, 0.1) is 11.7 Å². The minimum atomic E-state index is -0.883. The monoisotopic (exact) mass is 455 g/mol. The van der Waals surface area contributed by atoms with E-state index in [0.29, 0.717) is 38.2 Å². The van der Waals surface area contributed by atoms with E-state index in [1.54, 1.807) is 24.3 Å². The Morgan fingerprint density at radius 2 is 1.94 bits per heavy atom. The van der Waals surface area contributed by atoms with Crippen LogP contribution in [0.2, 0.25) is 0 Å². The number of hydrogen-bond donors (Lipinski definition) is 2. The van der Waals surface area contributed by atoms with Gasteiger partial charge >= 0.3 is 5.97 Å². The van der Waals surface area contributed by atoms with E-state index < -0.39 is 23.2 Å². The minimum Gasteiger partial charge on any atom is -0.465 e. The van der Waals surface area contributed by atoms with Gasteiger partial charge in [-0.25, -0.2) is 9.18 Å². The van der Waals surface area contributed by atoms with E-state index in [1.165, 1.54) is 19.4 Å². The minimum absolute atomic E-state index is 0.0544. The summed E-state index contributed by atoms with van der Waals surface area (Å²) in [4.78, 5) is 39.1. The molecule has 2 aliphatic rings. The summed E-state index contributed by atoms with van der Waals surface area (Å²) in [6.45, 7) is 1.74. The maximum Gasteiger partial charge on any atom is 0.342 e. The van der Waals surface area contributed by atoms with Crippen LogP contribution in [0.5, 0.6) is 0 Å². The van der Waals surface area contributed by atoms with Crippen molar-refractivity contribution < 1.29 is 23.5 Å². The van der Waals surface area contributed by atoms with Crippen molar-refractivity contribution in [3.63, 3.8) is 0 Å². The standard InChI is InChI=1S/C23H26FN5O4/c1-33-21(31)19-16(24)4-2-6-18(19)29-12-7-15(8-13-29)14-25-22(32)23(9-10-23)27-20(30)17-5-3-11-26-28-17/h2-6,11,15H,7-10,12-14H2,1H3,(H,25,32)(H,27,30). The Morgan fingerprint density at radius 3 is 2.58 bits per heavy atom. The van der Waals surface area contributed by atoms with Gasteiger partial charge in [-0.05, 0) is 55.9 Å². The number of methoxy groups -OCH3 is 1. The number of ether oxygens (including phenoxy) is 1. The number of carbonyl (C=O) groups excluding carboxylic acids is 3. The Morgan fingerprint density at radius 1 is 1.18 bits per heavy atom. The number of anilines is 1. The summed E-state index contributed by atoms with van der Waals surface area (Å²) in [7, 11) is 1.23. The molecule has 174 valence electrons. The molecule has 0 atom stereocenters. The predicted molar refractivity (Wildman–Crippen MR) is 117 cm³/mol. The molecular weight excluding hydrogens is 429 g/mol.